The van der Waals surface area contributed by atoms with Crippen LogP contribution in [0.3, 0.4) is 0 Å². The smallest absolute Gasteiger partial charge is 0.0464 e. The molecule has 0 radical (unpaired) electrons. The number of hydrogen-bond acceptors (Lipinski definition) is 2. The van der Waals surface area contributed by atoms with Crippen LogP contribution in [-0.2, 0) is 5.41 Å². The summed E-state index contributed by atoms with van der Waals surface area (Å²) in [6, 6.07) is 75.7. The second kappa shape index (κ2) is 17.3. The zero-order valence-corrected chi connectivity index (χ0v) is 33.4. The molecule has 0 unspecified atom stereocenters. The van der Waals surface area contributed by atoms with E-state index in [1.54, 1.807) is 0 Å². The van der Waals surface area contributed by atoms with Crippen LogP contribution in [0.4, 0.5) is 34.1 Å². The SMILES string of the molecule is CC(C)(C)c1cc(N(c2ccccc2)c2ccc(C=Cc3ccccc3)cc2)ccc1-c1ccc(N(c2ccccc2)c2ccc(C=Cc3ccccc3)cc2)cc1. The van der Waals surface area contributed by atoms with Crippen LogP contribution in [0.2, 0.25) is 0 Å². The molecule has 0 aromatic heterocycles. The zero-order valence-electron chi connectivity index (χ0n) is 33.4. The maximum absolute atomic E-state index is 2.38. The summed E-state index contributed by atoms with van der Waals surface area (Å²) in [5.74, 6) is 0. The van der Waals surface area contributed by atoms with Crippen molar-refractivity contribution in [2.24, 2.45) is 0 Å². The van der Waals surface area contributed by atoms with E-state index in [2.05, 4.69) is 255 Å². The first kappa shape index (κ1) is 37.7. The molecule has 0 bridgehead atoms. The summed E-state index contributed by atoms with van der Waals surface area (Å²) in [6.45, 7) is 6.92. The highest BCUT2D eigenvalue weighted by Gasteiger charge is 2.23. The molecule has 8 rings (SSSR count). The Morgan fingerprint density at radius 1 is 0.310 bits per heavy atom. The number of hydrogen-bond donors (Lipinski definition) is 0. The van der Waals surface area contributed by atoms with Gasteiger partial charge in [0.2, 0.25) is 0 Å². The third-order valence-corrected chi connectivity index (χ3v) is 10.4. The van der Waals surface area contributed by atoms with Crippen molar-refractivity contribution in [2.45, 2.75) is 26.2 Å². The van der Waals surface area contributed by atoms with Crippen molar-refractivity contribution >= 4 is 58.4 Å². The lowest BCUT2D eigenvalue weighted by atomic mass is 9.81. The summed E-state index contributed by atoms with van der Waals surface area (Å²) < 4.78 is 0. The van der Waals surface area contributed by atoms with Crippen molar-refractivity contribution in [3.05, 3.63) is 240 Å². The molecule has 0 spiro atoms. The molecular weight excluding hydrogens is 701 g/mol. The number of rotatable bonds is 11. The van der Waals surface area contributed by atoms with Crippen LogP contribution in [0.25, 0.3) is 35.4 Å². The number of nitrogens with zero attached hydrogens (tertiary/aromatic N) is 2. The van der Waals surface area contributed by atoms with E-state index in [0.717, 1.165) is 45.3 Å². The van der Waals surface area contributed by atoms with Crippen molar-refractivity contribution in [1.29, 1.82) is 0 Å². The Morgan fingerprint density at radius 3 is 1.02 bits per heavy atom. The van der Waals surface area contributed by atoms with Crippen molar-refractivity contribution in [3.63, 3.8) is 0 Å². The van der Waals surface area contributed by atoms with Gasteiger partial charge in [0, 0.05) is 34.1 Å². The maximum atomic E-state index is 2.38. The molecule has 0 aliphatic carbocycles. The van der Waals surface area contributed by atoms with Crippen molar-refractivity contribution < 1.29 is 0 Å². The molecule has 0 heterocycles. The molecule has 0 amide bonds. The van der Waals surface area contributed by atoms with Crippen LogP contribution in [0.5, 0.6) is 0 Å². The molecule has 0 aliphatic rings. The van der Waals surface area contributed by atoms with E-state index in [9.17, 15) is 0 Å². The molecule has 0 saturated heterocycles. The fourth-order valence-electron chi connectivity index (χ4n) is 7.36. The number of benzene rings is 8. The minimum Gasteiger partial charge on any atom is -0.311 e. The largest absolute Gasteiger partial charge is 0.311 e. The van der Waals surface area contributed by atoms with Crippen LogP contribution in [-0.4, -0.2) is 0 Å². The van der Waals surface area contributed by atoms with E-state index >= 15 is 0 Å². The molecule has 0 N–H and O–H groups in total. The van der Waals surface area contributed by atoms with Crippen LogP contribution >= 0.6 is 0 Å². The third kappa shape index (κ3) is 8.94. The monoisotopic (exact) mass is 748 g/mol. The highest BCUT2D eigenvalue weighted by Crippen LogP contribution is 2.42. The molecule has 0 fully saturated rings. The van der Waals surface area contributed by atoms with Gasteiger partial charge in [-0.25, -0.2) is 0 Å². The summed E-state index contributed by atoms with van der Waals surface area (Å²) in [5, 5.41) is 0. The van der Waals surface area contributed by atoms with Gasteiger partial charge in [0.25, 0.3) is 0 Å². The molecule has 8 aromatic carbocycles. The van der Waals surface area contributed by atoms with Gasteiger partial charge in [-0.1, -0.05) is 185 Å². The minimum atomic E-state index is -0.106. The van der Waals surface area contributed by atoms with Gasteiger partial charge in [0.05, 0.1) is 0 Å². The molecule has 58 heavy (non-hydrogen) atoms. The fourth-order valence-corrected chi connectivity index (χ4v) is 7.36. The zero-order chi connectivity index (χ0) is 39.7. The Hall–Kier alpha value is -7.16. The van der Waals surface area contributed by atoms with E-state index in [1.807, 2.05) is 12.1 Å². The predicted octanol–water partition coefficient (Wildman–Crippen LogP) is 15.9. The normalized spacial score (nSPS) is 11.6. The van der Waals surface area contributed by atoms with Crippen LogP contribution in [0.1, 0.15) is 48.6 Å². The fraction of sp³-hybridized carbons (Fsp3) is 0.0714. The van der Waals surface area contributed by atoms with Crippen LogP contribution in [0.15, 0.2) is 212 Å². The lowest BCUT2D eigenvalue weighted by Crippen LogP contribution is -2.16. The quantitative estimate of drug-likeness (QED) is 0.122. The summed E-state index contributed by atoms with van der Waals surface area (Å²) in [7, 11) is 0. The van der Waals surface area contributed by atoms with Gasteiger partial charge in [-0.05, 0) is 117 Å². The average molecular weight is 749 g/mol. The van der Waals surface area contributed by atoms with Crippen molar-refractivity contribution in [2.75, 3.05) is 9.80 Å². The summed E-state index contributed by atoms with van der Waals surface area (Å²) in [4.78, 5) is 4.68. The third-order valence-electron chi connectivity index (χ3n) is 10.4. The topological polar surface area (TPSA) is 6.48 Å². The molecular formula is C56H48N2. The first-order chi connectivity index (χ1) is 28.4. The standard InChI is InChI=1S/C56H48N2/c1-56(2,3)55-42-53(58(49-22-14-7-15-23-49)51-36-30-46(31-37-51)27-25-44-18-10-5-11-19-44)40-41-54(55)47-32-38-52(39-33-47)57(48-20-12-6-13-21-48)50-34-28-45(29-35-50)26-24-43-16-8-4-9-17-43/h4-42H,1-3H3. The van der Waals surface area contributed by atoms with Crippen molar-refractivity contribution in [1.82, 2.24) is 0 Å². The Morgan fingerprint density at radius 2 is 0.621 bits per heavy atom. The van der Waals surface area contributed by atoms with Gasteiger partial charge >= 0.3 is 0 Å². The van der Waals surface area contributed by atoms with E-state index in [0.29, 0.717) is 0 Å². The average Bonchev–Trinajstić information content (AvgIpc) is 3.27. The Balaban J connectivity index is 1.11. The highest BCUT2D eigenvalue weighted by atomic mass is 15.1. The van der Waals surface area contributed by atoms with Crippen molar-refractivity contribution in [3.8, 4) is 11.1 Å². The summed E-state index contributed by atoms with van der Waals surface area (Å²) in [6.07, 6.45) is 8.65. The Labute approximate surface area is 344 Å². The molecule has 282 valence electrons. The molecule has 0 saturated carbocycles. The number of para-hydroxylation sites is 2. The lowest BCUT2D eigenvalue weighted by molar-refractivity contribution is 0.592. The first-order valence-corrected chi connectivity index (χ1v) is 20.0. The lowest BCUT2D eigenvalue weighted by Gasteiger charge is -2.30. The molecule has 8 aromatic rings. The van der Waals surface area contributed by atoms with E-state index in [-0.39, 0.29) is 5.41 Å². The van der Waals surface area contributed by atoms with Crippen LogP contribution in [0, 0.1) is 0 Å². The van der Waals surface area contributed by atoms with Gasteiger partial charge in [-0.3, -0.25) is 0 Å². The van der Waals surface area contributed by atoms with E-state index in [4.69, 9.17) is 0 Å². The molecule has 2 nitrogen and oxygen atoms in total. The Bertz CT molecular complexity index is 2590. The molecule has 0 atom stereocenters. The second-order valence-corrected chi connectivity index (χ2v) is 15.5. The highest BCUT2D eigenvalue weighted by molar-refractivity contribution is 5.83. The van der Waals surface area contributed by atoms with Gasteiger partial charge in [-0.15, -0.1) is 0 Å². The minimum absolute atomic E-state index is 0.106. The summed E-state index contributed by atoms with van der Waals surface area (Å²) in [5.41, 5.74) is 15.0. The Kier molecular flexibility index (Phi) is 11.3. The molecule has 2 heteroatoms. The van der Waals surface area contributed by atoms with Gasteiger partial charge in [0.15, 0.2) is 0 Å². The first-order valence-electron chi connectivity index (χ1n) is 20.0. The summed E-state index contributed by atoms with van der Waals surface area (Å²) >= 11 is 0. The van der Waals surface area contributed by atoms with E-state index in [1.165, 1.54) is 27.8 Å². The van der Waals surface area contributed by atoms with Gasteiger partial charge in [0.1, 0.15) is 0 Å². The predicted molar refractivity (Wildman–Crippen MR) is 251 cm³/mol. The molecule has 0 aliphatic heterocycles. The second-order valence-electron chi connectivity index (χ2n) is 15.5. The van der Waals surface area contributed by atoms with E-state index < -0.39 is 0 Å². The maximum Gasteiger partial charge on any atom is 0.0464 e. The van der Waals surface area contributed by atoms with Gasteiger partial charge in [-0.2, -0.15) is 0 Å². The van der Waals surface area contributed by atoms with Crippen LogP contribution < -0.4 is 9.80 Å². The number of anilines is 6. The van der Waals surface area contributed by atoms with Gasteiger partial charge < -0.3 is 9.80 Å².